The predicted molar refractivity (Wildman–Crippen MR) is 94.5 cm³/mol. The molecule has 2 amide bonds. The molecule has 2 fully saturated rings. The first-order chi connectivity index (χ1) is 11.7. The maximum absolute atomic E-state index is 11.6. The van der Waals surface area contributed by atoms with Gasteiger partial charge in [0.25, 0.3) is 0 Å². The van der Waals surface area contributed by atoms with Gasteiger partial charge in [-0.05, 0) is 48.5 Å². The molecule has 0 aromatic heterocycles. The van der Waals surface area contributed by atoms with Crippen LogP contribution in [-0.4, -0.2) is 64.2 Å². The summed E-state index contributed by atoms with van der Waals surface area (Å²) >= 11 is 1.07. The topological polar surface area (TPSA) is 123 Å². The van der Waals surface area contributed by atoms with Crippen LogP contribution >= 0.6 is 12.2 Å². The maximum atomic E-state index is 11.6. The van der Waals surface area contributed by atoms with E-state index in [4.69, 9.17) is 14.0 Å². The molecule has 0 bridgehead atoms. The number of carboxylic acid groups (broad SMARTS) is 1. The van der Waals surface area contributed by atoms with Crippen molar-refractivity contribution in [2.75, 3.05) is 0 Å². The van der Waals surface area contributed by atoms with E-state index in [-0.39, 0.29) is 18.2 Å². The summed E-state index contributed by atoms with van der Waals surface area (Å²) in [5.41, 5.74) is -0.455. The van der Waals surface area contributed by atoms with Crippen LogP contribution in [0.1, 0.15) is 48.5 Å². The van der Waals surface area contributed by atoms with Crippen molar-refractivity contribution in [1.29, 1.82) is 0 Å². The van der Waals surface area contributed by atoms with E-state index in [1.54, 1.807) is 0 Å². The number of ether oxygens (including phenoxy) is 1. The minimum absolute atomic E-state index is 0.0486. The van der Waals surface area contributed by atoms with Gasteiger partial charge in [-0.15, -0.1) is 0 Å². The third-order valence-electron chi connectivity index (χ3n) is 3.65. The van der Waals surface area contributed by atoms with Crippen molar-refractivity contribution in [2.45, 2.75) is 78.4 Å². The molecule has 0 aliphatic carbocycles. The van der Waals surface area contributed by atoms with Gasteiger partial charge in [0.1, 0.15) is 17.8 Å². The van der Waals surface area contributed by atoms with Gasteiger partial charge in [0, 0.05) is 0 Å². The van der Waals surface area contributed by atoms with Crippen molar-refractivity contribution in [3.05, 3.63) is 0 Å². The number of nitrogens with zero attached hydrogens (tertiary/aromatic N) is 2. The summed E-state index contributed by atoms with van der Waals surface area (Å²) < 4.78 is 38.7. The SMILES string of the molecule is CC1OS(=O)(=O)N(C(=O)O)C1C.CC1OSN(C(=O)OC(C)(C)C)C1C. The van der Waals surface area contributed by atoms with E-state index in [1.807, 2.05) is 34.6 Å². The zero-order valence-corrected chi connectivity index (χ0v) is 17.5. The molecular formula is C14H26N2O8S2. The second-order valence-corrected chi connectivity index (χ2v) is 9.18. The molecule has 1 N–H and O–H groups in total. The van der Waals surface area contributed by atoms with E-state index in [9.17, 15) is 18.0 Å². The minimum atomic E-state index is -4.05. The third-order valence-corrected chi connectivity index (χ3v) is 6.20. The van der Waals surface area contributed by atoms with Gasteiger partial charge in [-0.25, -0.2) is 18.1 Å². The fourth-order valence-electron chi connectivity index (χ4n) is 1.94. The molecule has 10 nitrogen and oxygen atoms in total. The molecule has 0 aromatic rings. The van der Waals surface area contributed by atoms with Crippen LogP contribution in [-0.2, 0) is 23.4 Å². The van der Waals surface area contributed by atoms with E-state index in [1.165, 1.54) is 18.2 Å². The van der Waals surface area contributed by atoms with Crippen molar-refractivity contribution in [3.8, 4) is 0 Å². The second kappa shape index (κ2) is 8.19. The third kappa shape index (κ3) is 5.63. The van der Waals surface area contributed by atoms with E-state index in [0.29, 0.717) is 4.31 Å². The highest BCUT2D eigenvalue weighted by atomic mass is 32.2. The minimum Gasteiger partial charge on any atom is -0.464 e. The lowest BCUT2D eigenvalue weighted by Crippen LogP contribution is -2.37. The molecule has 0 spiro atoms. The Kier molecular flexibility index (Phi) is 7.18. The molecule has 0 radical (unpaired) electrons. The average Bonchev–Trinajstić information content (AvgIpc) is 2.86. The largest absolute Gasteiger partial charge is 0.464 e. The molecule has 0 saturated carbocycles. The molecule has 4 unspecified atom stereocenters. The fourth-order valence-corrected chi connectivity index (χ4v) is 4.14. The zero-order chi connectivity index (χ0) is 20.4. The molecule has 4 atom stereocenters. The Bertz CT molecular complexity index is 633. The molecule has 152 valence electrons. The van der Waals surface area contributed by atoms with Crippen molar-refractivity contribution < 1.29 is 36.2 Å². The summed E-state index contributed by atoms with van der Waals surface area (Å²) in [5.74, 6) is 0. The number of hydrogen-bond donors (Lipinski definition) is 1. The number of amides is 2. The highest BCUT2D eigenvalue weighted by Gasteiger charge is 2.44. The summed E-state index contributed by atoms with van der Waals surface area (Å²) in [7, 11) is -4.05. The normalized spacial score (nSPS) is 30.6. The van der Waals surface area contributed by atoms with Crippen molar-refractivity contribution in [3.63, 3.8) is 0 Å². The lowest BCUT2D eigenvalue weighted by Gasteiger charge is -2.24. The summed E-state index contributed by atoms with van der Waals surface area (Å²) in [5, 5.41) is 8.50. The van der Waals surface area contributed by atoms with Crippen LogP contribution in [0.25, 0.3) is 0 Å². The number of carbonyl (C=O) groups excluding carboxylic acids is 1. The molecule has 0 aromatic carbocycles. The highest BCUT2D eigenvalue weighted by molar-refractivity contribution is 7.93. The first-order valence-corrected chi connectivity index (χ1v) is 10.0. The Hall–Kier alpha value is -1.24. The van der Waals surface area contributed by atoms with Crippen molar-refractivity contribution in [1.82, 2.24) is 8.61 Å². The monoisotopic (exact) mass is 414 g/mol. The van der Waals surface area contributed by atoms with Gasteiger partial charge in [0.15, 0.2) is 0 Å². The van der Waals surface area contributed by atoms with Gasteiger partial charge in [0.05, 0.1) is 24.3 Å². The van der Waals surface area contributed by atoms with Crippen LogP contribution in [0.4, 0.5) is 9.59 Å². The van der Waals surface area contributed by atoms with Gasteiger partial charge in [-0.1, -0.05) is 0 Å². The molecule has 26 heavy (non-hydrogen) atoms. The summed E-state index contributed by atoms with van der Waals surface area (Å²) in [6.45, 7) is 12.4. The van der Waals surface area contributed by atoms with Crippen LogP contribution in [0.2, 0.25) is 0 Å². The summed E-state index contributed by atoms with van der Waals surface area (Å²) in [4.78, 5) is 22.1. The zero-order valence-electron chi connectivity index (χ0n) is 15.8. The van der Waals surface area contributed by atoms with Gasteiger partial charge in [-0.3, -0.25) is 4.18 Å². The highest BCUT2D eigenvalue weighted by Crippen LogP contribution is 2.31. The predicted octanol–water partition coefficient (Wildman–Crippen LogP) is 2.61. The van der Waals surface area contributed by atoms with Crippen molar-refractivity contribution >= 4 is 34.7 Å². The Morgan fingerprint density at radius 1 is 1.08 bits per heavy atom. The smallest absolute Gasteiger partial charge is 0.423 e. The standard InChI is InChI=1S/C9H17NO3S.C5H9NO5S/c1-6-7(2)13-14-10(6)8(11)12-9(3,4)5;1-3-4(2)11-12(9,10)6(3)5(7)8/h6-7H,1-5H3;3-4H,1-2H3,(H,7,8). The van der Waals surface area contributed by atoms with Crippen LogP contribution in [0.3, 0.4) is 0 Å². The molecule has 2 saturated heterocycles. The number of hydrogen-bond acceptors (Lipinski definition) is 8. The van der Waals surface area contributed by atoms with Crippen LogP contribution in [0, 0.1) is 0 Å². The first-order valence-electron chi connectivity index (χ1n) is 7.98. The van der Waals surface area contributed by atoms with Crippen LogP contribution < -0.4 is 0 Å². The van der Waals surface area contributed by atoms with E-state index < -0.39 is 34.1 Å². The van der Waals surface area contributed by atoms with Gasteiger partial charge < -0.3 is 9.84 Å². The van der Waals surface area contributed by atoms with Gasteiger partial charge in [-0.2, -0.15) is 12.7 Å². The van der Waals surface area contributed by atoms with E-state index in [2.05, 4.69) is 4.18 Å². The summed E-state index contributed by atoms with van der Waals surface area (Å²) in [6.07, 6.45) is -2.41. The molecule has 2 rings (SSSR count). The molecule has 2 aliphatic heterocycles. The molecule has 2 heterocycles. The number of carbonyl (C=O) groups is 2. The molecule has 12 heteroatoms. The maximum Gasteiger partial charge on any atom is 0.423 e. The lowest BCUT2D eigenvalue weighted by molar-refractivity contribution is 0.0359. The van der Waals surface area contributed by atoms with Gasteiger partial charge >= 0.3 is 22.5 Å². The Morgan fingerprint density at radius 2 is 1.62 bits per heavy atom. The van der Waals surface area contributed by atoms with Crippen LogP contribution in [0.15, 0.2) is 0 Å². The number of rotatable bonds is 0. The van der Waals surface area contributed by atoms with E-state index in [0.717, 1.165) is 12.2 Å². The summed E-state index contributed by atoms with van der Waals surface area (Å²) in [6, 6.07) is -0.609. The average molecular weight is 415 g/mol. The van der Waals surface area contributed by atoms with Crippen molar-refractivity contribution in [2.24, 2.45) is 0 Å². The van der Waals surface area contributed by atoms with E-state index >= 15 is 0 Å². The first kappa shape index (κ1) is 22.8. The fraction of sp³-hybridized carbons (Fsp3) is 0.857. The quantitative estimate of drug-likeness (QED) is 0.470. The van der Waals surface area contributed by atoms with Crippen LogP contribution in [0.5, 0.6) is 0 Å². The Balaban J connectivity index is 0.000000263. The molecular weight excluding hydrogens is 388 g/mol. The lowest BCUT2D eigenvalue weighted by atomic mass is 10.2. The van der Waals surface area contributed by atoms with Gasteiger partial charge in [0.2, 0.25) is 0 Å². The Labute approximate surface area is 158 Å². The Morgan fingerprint density at radius 3 is 1.88 bits per heavy atom. The second-order valence-electron chi connectivity index (χ2n) is 7.00. The molecule has 2 aliphatic rings.